The highest BCUT2D eigenvalue weighted by molar-refractivity contribution is 6.36. The molecule has 1 N–H and O–H groups in total. The topological polar surface area (TPSA) is 94.3 Å². The van der Waals surface area contributed by atoms with Gasteiger partial charge < -0.3 is 9.84 Å². The van der Waals surface area contributed by atoms with Gasteiger partial charge in [-0.25, -0.2) is 4.98 Å². The fraction of sp³-hybridized carbons (Fsp3) is 0.355. The van der Waals surface area contributed by atoms with Gasteiger partial charge in [-0.3, -0.25) is 14.3 Å². The molecule has 2 aromatic heterocycles. The van der Waals surface area contributed by atoms with E-state index in [0.717, 1.165) is 53.3 Å². The number of aliphatic carboxylic acids is 1. The molecule has 0 atom stereocenters. The minimum absolute atomic E-state index is 0.0884. The summed E-state index contributed by atoms with van der Waals surface area (Å²) in [5.41, 5.74) is 4.70. The number of rotatable bonds is 9. The molecule has 2 fully saturated rings. The SMILES string of the molecule is CCOc1cc(-c2ccc(Cn3ncc4c(Cl)ccc(C(=O)CC5CC6(C5)CC(C(=O)O)C6)c43)cc2)ccn1. The third-order valence-corrected chi connectivity index (χ3v) is 8.65. The number of nitrogens with zero attached hydrogens (tertiary/aromatic N) is 3. The fourth-order valence-electron chi connectivity index (χ4n) is 6.48. The van der Waals surface area contributed by atoms with Crippen molar-refractivity contribution in [2.75, 3.05) is 6.61 Å². The summed E-state index contributed by atoms with van der Waals surface area (Å²) in [6.45, 7) is 3.01. The first-order valence-electron chi connectivity index (χ1n) is 13.4. The van der Waals surface area contributed by atoms with Crippen molar-refractivity contribution < 1.29 is 19.4 Å². The molecule has 1 spiro atoms. The number of ketones is 1. The Labute approximate surface area is 231 Å². The van der Waals surface area contributed by atoms with Crippen LogP contribution in [0.2, 0.25) is 5.02 Å². The number of hydrogen-bond acceptors (Lipinski definition) is 5. The molecule has 0 unspecified atom stereocenters. The van der Waals surface area contributed by atoms with Crippen molar-refractivity contribution in [1.82, 2.24) is 14.8 Å². The van der Waals surface area contributed by atoms with Gasteiger partial charge in [-0.1, -0.05) is 35.9 Å². The van der Waals surface area contributed by atoms with Crippen molar-refractivity contribution >= 4 is 34.3 Å². The summed E-state index contributed by atoms with van der Waals surface area (Å²) in [5, 5.41) is 15.1. The standard InChI is InChI=1S/C31H30ClN3O4/c1-2-39-28-12-22(9-10-33-28)21-5-3-19(4-6-21)18-35-29-24(7-8-26(32)25(29)17-34-35)27(36)11-20-13-31(14-20)15-23(16-31)30(37)38/h3-10,12,17,20,23H,2,11,13-16,18H2,1H3,(H,37,38). The number of ether oxygens (including phenoxy) is 1. The molecule has 0 bridgehead atoms. The maximum atomic E-state index is 13.4. The third kappa shape index (κ3) is 4.91. The first kappa shape index (κ1) is 25.6. The largest absolute Gasteiger partial charge is 0.481 e. The molecule has 7 nitrogen and oxygen atoms in total. The Morgan fingerprint density at radius 2 is 1.85 bits per heavy atom. The summed E-state index contributed by atoms with van der Waals surface area (Å²) in [5.74, 6) is 0.0899. The number of carboxylic acid groups (broad SMARTS) is 1. The summed E-state index contributed by atoms with van der Waals surface area (Å²) in [6, 6.07) is 15.7. The predicted octanol–water partition coefficient (Wildman–Crippen LogP) is 6.66. The Morgan fingerprint density at radius 1 is 1.08 bits per heavy atom. The smallest absolute Gasteiger partial charge is 0.306 e. The van der Waals surface area contributed by atoms with E-state index >= 15 is 0 Å². The minimum atomic E-state index is -0.695. The van der Waals surface area contributed by atoms with E-state index in [2.05, 4.69) is 34.3 Å². The quantitative estimate of drug-likeness (QED) is 0.237. The first-order chi connectivity index (χ1) is 18.8. The van der Waals surface area contributed by atoms with Crippen LogP contribution in [0.25, 0.3) is 22.0 Å². The molecule has 0 aliphatic heterocycles. The maximum Gasteiger partial charge on any atom is 0.306 e. The van der Waals surface area contributed by atoms with Crippen molar-refractivity contribution in [3.8, 4) is 17.0 Å². The van der Waals surface area contributed by atoms with Gasteiger partial charge in [-0.15, -0.1) is 0 Å². The summed E-state index contributed by atoms with van der Waals surface area (Å²) in [7, 11) is 0. The predicted molar refractivity (Wildman–Crippen MR) is 149 cm³/mol. The number of carbonyl (C=O) groups is 2. The monoisotopic (exact) mass is 543 g/mol. The van der Waals surface area contributed by atoms with Crippen LogP contribution in [0.1, 0.15) is 54.9 Å². The van der Waals surface area contributed by atoms with Gasteiger partial charge in [0.15, 0.2) is 5.78 Å². The van der Waals surface area contributed by atoms with Crippen molar-refractivity contribution in [3.05, 3.63) is 77.1 Å². The van der Waals surface area contributed by atoms with Crippen molar-refractivity contribution in [2.45, 2.75) is 45.6 Å². The molecule has 2 aliphatic rings. The molecule has 2 aliphatic carbocycles. The highest BCUT2D eigenvalue weighted by Gasteiger charge is 2.54. The lowest BCUT2D eigenvalue weighted by molar-refractivity contribution is -0.157. The van der Waals surface area contributed by atoms with E-state index in [4.69, 9.17) is 16.3 Å². The van der Waals surface area contributed by atoms with E-state index in [1.165, 1.54) is 0 Å². The second-order valence-electron chi connectivity index (χ2n) is 11.0. The lowest BCUT2D eigenvalue weighted by atomic mass is 9.47. The van der Waals surface area contributed by atoms with Gasteiger partial charge in [0.2, 0.25) is 5.88 Å². The molecule has 39 heavy (non-hydrogen) atoms. The molecular weight excluding hydrogens is 514 g/mol. The number of carboxylic acids is 1. The van der Waals surface area contributed by atoms with Gasteiger partial charge >= 0.3 is 5.97 Å². The molecule has 8 heteroatoms. The molecule has 0 amide bonds. The molecule has 4 aromatic rings. The average molecular weight is 544 g/mol. The second kappa shape index (κ2) is 10.1. The summed E-state index contributed by atoms with van der Waals surface area (Å²) >= 11 is 6.49. The summed E-state index contributed by atoms with van der Waals surface area (Å²) in [4.78, 5) is 28.9. The van der Waals surface area contributed by atoms with Crippen LogP contribution in [0.15, 0.2) is 60.9 Å². The Morgan fingerprint density at radius 3 is 2.56 bits per heavy atom. The lowest BCUT2D eigenvalue weighted by Crippen LogP contribution is -2.50. The van der Waals surface area contributed by atoms with E-state index < -0.39 is 5.97 Å². The van der Waals surface area contributed by atoms with Crippen LogP contribution in [-0.4, -0.2) is 38.2 Å². The first-order valence-corrected chi connectivity index (χ1v) is 13.8. The van der Waals surface area contributed by atoms with Crippen LogP contribution in [-0.2, 0) is 11.3 Å². The Bertz CT molecular complexity index is 1550. The minimum Gasteiger partial charge on any atom is -0.481 e. The lowest BCUT2D eigenvalue weighted by Gasteiger charge is -2.56. The van der Waals surface area contributed by atoms with Gasteiger partial charge in [0, 0.05) is 29.6 Å². The summed E-state index contributed by atoms with van der Waals surface area (Å²) in [6.07, 6.45) is 7.31. The molecular formula is C31H30ClN3O4. The molecule has 2 saturated carbocycles. The summed E-state index contributed by atoms with van der Waals surface area (Å²) < 4.78 is 7.38. The van der Waals surface area contributed by atoms with Crippen LogP contribution in [0.5, 0.6) is 5.88 Å². The second-order valence-corrected chi connectivity index (χ2v) is 11.4. The maximum absolute atomic E-state index is 13.4. The normalized spacial score (nSPS) is 21.9. The van der Waals surface area contributed by atoms with E-state index in [0.29, 0.717) is 42.0 Å². The van der Waals surface area contributed by atoms with Crippen molar-refractivity contribution in [1.29, 1.82) is 0 Å². The molecule has 6 rings (SSSR count). The van der Waals surface area contributed by atoms with Crippen LogP contribution < -0.4 is 4.74 Å². The van der Waals surface area contributed by atoms with Crippen LogP contribution in [0, 0.1) is 17.3 Å². The third-order valence-electron chi connectivity index (χ3n) is 8.32. The fourth-order valence-corrected chi connectivity index (χ4v) is 6.68. The number of fused-ring (bicyclic) bond motifs is 1. The van der Waals surface area contributed by atoms with Gasteiger partial charge in [0.25, 0.3) is 0 Å². The van der Waals surface area contributed by atoms with Gasteiger partial charge in [-0.2, -0.15) is 5.10 Å². The number of Topliss-reactive ketones (excluding diaryl/α,β-unsaturated/α-hetero) is 1. The molecule has 200 valence electrons. The van der Waals surface area contributed by atoms with Crippen LogP contribution in [0.3, 0.4) is 0 Å². The van der Waals surface area contributed by atoms with E-state index in [9.17, 15) is 14.7 Å². The average Bonchev–Trinajstić information content (AvgIpc) is 3.30. The highest BCUT2D eigenvalue weighted by Crippen LogP contribution is 2.62. The van der Waals surface area contributed by atoms with E-state index in [-0.39, 0.29) is 17.1 Å². The zero-order valence-electron chi connectivity index (χ0n) is 21.8. The van der Waals surface area contributed by atoms with Crippen LogP contribution in [0.4, 0.5) is 0 Å². The van der Waals surface area contributed by atoms with Crippen LogP contribution >= 0.6 is 11.6 Å². The Hall–Kier alpha value is -3.71. The number of aromatic nitrogens is 3. The number of pyridine rings is 1. The molecule has 2 heterocycles. The van der Waals surface area contributed by atoms with Gasteiger partial charge in [0.05, 0.1) is 35.8 Å². The van der Waals surface area contributed by atoms with Crippen molar-refractivity contribution in [2.24, 2.45) is 17.3 Å². The van der Waals surface area contributed by atoms with E-state index in [1.807, 2.05) is 29.8 Å². The number of halogens is 1. The number of hydrogen-bond donors (Lipinski definition) is 1. The van der Waals surface area contributed by atoms with Gasteiger partial charge in [0.1, 0.15) is 0 Å². The van der Waals surface area contributed by atoms with E-state index in [1.54, 1.807) is 18.5 Å². The van der Waals surface area contributed by atoms with Gasteiger partial charge in [-0.05, 0) is 78.8 Å². The number of carbonyl (C=O) groups excluding carboxylic acids is 1. The highest BCUT2D eigenvalue weighted by atomic mass is 35.5. The molecule has 0 radical (unpaired) electrons. The zero-order chi connectivity index (χ0) is 27.1. The Balaban J connectivity index is 1.18. The Kier molecular flexibility index (Phi) is 6.63. The molecule has 2 aromatic carbocycles. The zero-order valence-corrected chi connectivity index (χ0v) is 22.5. The van der Waals surface area contributed by atoms with Crippen molar-refractivity contribution in [3.63, 3.8) is 0 Å². The molecule has 0 saturated heterocycles. The number of benzene rings is 2.